The molecule has 2 aromatic carbocycles. The van der Waals surface area contributed by atoms with Crippen molar-refractivity contribution in [3.8, 4) is 11.5 Å². The summed E-state index contributed by atoms with van der Waals surface area (Å²) in [6, 6.07) is 4.43. The molecule has 0 amide bonds. The molecule has 3 rings (SSSR count). The molecule has 0 radical (unpaired) electrons. The topological polar surface area (TPSA) is 55.5 Å². The van der Waals surface area contributed by atoms with Crippen LogP contribution in [0.1, 0.15) is 29.2 Å². The molecule has 134 valence electrons. The number of ether oxygens (including phenoxy) is 1. The summed E-state index contributed by atoms with van der Waals surface area (Å²) in [6.07, 6.45) is -8.83. The highest BCUT2D eigenvalue weighted by molar-refractivity contribution is 5.54. The molecule has 0 heterocycles. The number of rotatable bonds is 3. The fourth-order valence-electron chi connectivity index (χ4n) is 2.80. The van der Waals surface area contributed by atoms with Crippen LogP contribution in [0.15, 0.2) is 30.3 Å². The molecule has 0 unspecified atom stereocenters. The van der Waals surface area contributed by atoms with Gasteiger partial charge in [-0.2, -0.15) is 8.78 Å². The summed E-state index contributed by atoms with van der Waals surface area (Å²) in [5.41, 5.74) is 2.34. The van der Waals surface area contributed by atoms with Crippen LogP contribution in [0.25, 0.3) is 0 Å². The van der Waals surface area contributed by atoms with Gasteiger partial charge in [-0.25, -0.2) is 17.6 Å². The van der Waals surface area contributed by atoms with Gasteiger partial charge in [0.25, 0.3) is 6.43 Å². The zero-order valence-electron chi connectivity index (χ0n) is 12.3. The largest absolute Gasteiger partial charge is 0.457 e. The van der Waals surface area contributed by atoms with E-state index in [1.165, 1.54) is 0 Å². The van der Waals surface area contributed by atoms with Crippen LogP contribution in [-0.4, -0.2) is 11.3 Å². The number of fused-ring (bicyclic) bond motifs is 1. The van der Waals surface area contributed by atoms with Crippen LogP contribution in [0.2, 0.25) is 0 Å². The van der Waals surface area contributed by atoms with Gasteiger partial charge in [-0.05, 0) is 18.2 Å². The van der Waals surface area contributed by atoms with E-state index in [2.05, 4.69) is 0 Å². The Kier molecular flexibility index (Phi) is 4.06. The maximum Gasteiger partial charge on any atom is 0.307 e. The summed E-state index contributed by atoms with van der Waals surface area (Å²) in [5, 5.41) is 9.67. The third-order valence-electron chi connectivity index (χ3n) is 3.87. The van der Waals surface area contributed by atoms with Gasteiger partial charge in [-0.3, -0.25) is 0 Å². The van der Waals surface area contributed by atoms with Crippen molar-refractivity contribution in [2.75, 3.05) is 5.73 Å². The molecule has 1 aliphatic rings. The normalized spacial score (nSPS) is 21.4. The lowest BCUT2D eigenvalue weighted by atomic mass is 10.0. The van der Waals surface area contributed by atoms with Gasteiger partial charge in [-0.1, -0.05) is 0 Å². The maximum atomic E-state index is 13.8. The number of anilines is 1. The quantitative estimate of drug-likeness (QED) is 0.618. The van der Waals surface area contributed by atoms with Crippen LogP contribution in [-0.2, 0) is 5.92 Å². The average Bonchev–Trinajstić information content (AvgIpc) is 2.67. The molecule has 3 N–H and O–H groups in total. The van der Waals surface area contributed by atoms with Gasteiger partial charge in [0.1, 0.15) is 23.4 Å². The number of aliphatic hydroxyl groups is 1. The molecule has 9 heteroatoms. The zero-order chi connectivity index (χ0) is 18.5. The van der Waals surface area contributed by atoms with E-state index in [1.54, 1.807) is 0 Å². The van der Waals surface area contributed by atoms with Crippen molar-refractivity contribution in [2.24, 2.45) is 0 Å². The fraction of sp³-hybridized carbons (Fsp3) is 0.250. The molecule has 0 spiro atoms. The zero-order valence-corrected chi connectivity index (χ0v) is 12.3. The van der Waals surface area contributed by atoms with Crippen LogP contribution in [0.5, 0.6) is 11.5 Å². The highest BCUT2D eigenvalue weighted by Crippen LogP contribution is 2.53. The Balaban J connectivity index is 2.14. The van der Waals surface area contributed by atoms with E-state index in [-0.39, 0.29) is 11.4 Å². The van der Waals surface area contributed by atoms with E-state index < -0.39 is 52.9 Å². The van der Waals surface area contributed by atoms with Crippen LogP contribution >= 0.6 is 0 Å². The number of halogens is 6. The van der Waals surface area contributed by atoms with Crippen LogP contribution in [0.4, 0.5) is 32.0 Å². The monoisotopic (exact) mass is 363 g/mol. The second kappa shape index (κ2) is 5.83. The number of benzene rings is 2. The van der Waals surface area contributed by atoms with Crippen LogP contribution in [0, 0.1) is 5.82 Å². The van der Waals surface area contributed by atoms with Crippen molar-refractivity contribution in [2.45, 2.75) is 24.6 Å². The van der Waals surface area contributed by atoms with Crippen LogP contribution in [0.3, 0.4) is 0 Å². The van der Waals surface area contributed by atoms with E-state index in [0.29, 0.717) is 6.07 Å². The van der Waals surface area contributed by atoms with Crippen molar-refractivity contribution < 1.29 is 36.2 Å². The van der Waals surface area contributed by atoms with Gasteiger partial charge >= 0.3 is 5.92 Å². The third kappa shape index (κ3) is 2.78. The van der Waals surface area contributed by atoms with Crippen molar-refractivity contribution in [1.29, 1.82) is 0 Å². The van der Waals surface area contributed by atoms with Gasteiger partial charge in [-0.15, -0.1) is 0 Å². The fourth-order valence-corrected chi connectivity index (χ4v) is 2.80. The minimum absolute atomic E-state index is 0.0508. The Bertz CT molecular complexity index is 806. The highest BCUT2D eigenvalue weighted by Gasteiger charge is 2.56. The molecule has 0 bridgehead atoms. The summed E-state index contributed by atoms with van der Waals surface area (Å²) >= 11 is 0. The molecule has 0 saturated heterocycles. The number of nitrogens with two attached hydrogens (primary N) is 1. The summed E-state index contributed by atoms with van der Waals surface area (Å²) in [5.74, 6) is -5.77. The Morgan fingerprint density at radius 2 is 1.84 bits per heavy atom. The molecule has 3 nitrogen and oxygen atoms in total. The summed E-state index contributed by atoms with van der Waals surface area (Å²) < 4.78 is 86.6. The minimum Gasteiger partial charge on any atom is -0.457 e. The van der Waals surface area contributed by atoms with Gasteiger partial charge < -0.3 is 15.6 Å². The Morgan fingerprint density at radius 3 is 2.44 bits per heavy atom. The van der Waals surface area contributed by atoms with Crippen molar-refractivity contribution in [3.63, 3.8) is 0 Å². The van der Waals surface area contributed by atoms with Crippen molar-refractivity contribution in [3.05, 3.63) is 52.8 Å². The molecule has 0 saturated carbocycles. The first-order valence-corrected chi connectivity index (χ1v) is 7.02. The minimum atomic E-state index is -4.11. The highest BCUT2D eigenvalue weighted by atomic mass is 19.3. The number of alkyl halides is 5. The SMILES string of the molecule is Nc1cc(F)cc(Oc2ccc3c(c2C(F)F)[C@@H](O)[C@H](F)C3(F)F)c1. The second-order valence-electron chi connectivity index (χ2n) is 5.53. The Morgan fingerprint density at radius 1 is 1.16 bits per heavy atom. The number of aliphatic hydroxyl groups excluding tert-OH is 1. The molecule has 1 aliphatic carbocycles. The molecule has 2 aromatic rings. The van der Waals surface area contributed by atoms with Crippen LogP contribution < -0.4 is 10.5 Å². The van der Waals surface area contributed by atoms with E-state index in [9.17, 15) is 31.4 Å². The van der Waals surface area contributed by atoms with Gasteiger partial charge in [0, 0.05) is 28.9 Å². The van der Waals surface area contributed by atoms with Gasteiger partial charge in [0.2, 0.25) is 0 Å². The lowest BCUT2D eigenvalue weighted by molar-refractivity contribution is -0.104. The number of nitrogen functional groups attached to an aromatic ring is 1. The van der Waals surface area contributed by atoms with E-state index in [4.69, 9.17) is 10.5 Å². The summed E-state index contributed by atoms with van der Waals surface area (Å²) in [4.78, 5) is 0. The third-order valence-corrected chi connectivity index (χ3v) is 3.87. The predicted octanol–water partition coefficient (Wildman–Crippen LogP) is 4.61. The number of hydrogen-bond acceptors (Lipinski definition) is 3. The van der Waals surface area contributed by atoms with E-state index in [0.717, 1.165) is 24.3 Å². The summed E-state index contributed by atoms with van der Waals surface area (Å²) in [6.45, 7) is 0. The summed E-state index contributed by atoms with van der Waals surface area (Å²) in [7, 11) is 0. The molecular weight excluding hydrogens is 352 g/mol. The molecule has 2 atom stereocenters. The lowest BCUT2D eigenvalue weighted by Gasteiger charge is -2.17. The molecule has 0 fully saturated rings. The van der Waals surface area contributed by atoms with Crippen molar-refractivity contribution in [1.82, 2.24) is 0 Å². The van der Waals surface area contributed by atoms with E-state index in [1.807, 2.05) is 0 Å². The molecule has 0 aromatic heterocycles. The van der Waals surface area contributed by atoms with Gasteiger partial charge in [0.05, 0.1) is 5.56 Å². The molecular formula is C16H11F6NO2. The van der Waals surface area contributed by atoms with Crippen molar-refractivity contribution >= 4 is 5.69 Å². The predicted molar refractivity (Wildman–Crippen MR) is 76.0 cm³/mol. The first kappa shape index (κ1) is 17.4. The first-order chi connectivity index (χ1) is 11.6. The molecule has 0 aliphatic heterocycles. The smallest absolute Gasteiger partial charge is 0.307 e. The van der Waals surface area contributed by atoms with E-state index >= 15 is 0 Å². The van der Waals surface area contributed by atoms with Gasteiger partial charge in [0.15, 0.2) is 6.17 Å². The number of hydrogen-bond donors (Lipinski definition) is 2. The maximum absolute atomic E-state index is 13.8. The lowest BCUT2D eigenvalue weighted by Crippen LogP contribution is -2.24. The second-order valence-corrected chi connectivity index (χ2v) is 5.53. The first-order valence-electron chi connectivity index (χ1n) is 7.02. The Labute approximate surface area is 137 Å². The average molecular weight is 363 g/mol. The standard InChI is InChI=1S/C16H11F6NO2/c17-6-3-7(23)5-8(4-6)25-10-2-1-9-11(12(10)15(19)20)13(24)14(18)16(9,21)22/h1-5,13-15,24H,23H2/t13-,14+/m1/s1. The molecule has 25 heavy (non-hydrogen) atoms. The Hall–Kier alpha value is -2.42.